The lowest BCUT2D eigenvalue weighted by molar-refractivity contribution is 0.363. The third-order valence-electron chi connectivity index (χ3n) is 3.26. The monoisotopic (exact) mass is 231 g/mol. The standard InChI is InChI=1S/C12H17N5/c1-9-3-5-17(11(6-9)8-14)12-15-4-2-10(7-13)16-12/h2,4,9,11H,3,5-6,8,14H2,1H3. The number of aromatic nitrogens is 2. The molecule has 1 aliphatic heterocycles. The first-order valence-electron chi connectivity index (χ1n) is 5.94. The van der Waals surface area contributed by atoms with Crippen molar-refractivity contribution in [1.29, 1.82) is 5.26 Å². The normalized spacial score (nSPS) is 24.4. The summed E-state index contributed by atoms with van der Waals surface area (Å²) in [5, 5.41) is 8.84. The fourth-order valence-corrected chi connectivity index (χ4v) is 2.29. The third kappa shape index (κ3) is 2.53. The minimum Gasteiger partial charge on any atom is -0.337 e. The predicted molar refractivity (Wildman–Crippen MR) is 65.3 cm³/mol. The van der Waals surface area contributed by atoms with E-state index in [0.717, 1.165) is 19.4 Å². The summed E-state index contributed by atoms with van der Waals surface area (Å²) in [7, 11) is 0. The van der Waals surface area contributed by atoms with Crippen LogP contribution in [-0.2, 0) is 0 Å². The van der Waals surface area contributed by atoms with E-state index in [-0.39, 0.29) is 6.04 Å². The lowest BCUT2D eigenvalue weighted by Crippen LogP contribution is -2.47. The molecule has 1 fully saturated rings. The highest BCUT2D eigenvalue weighted by atomic mass is 15.3. The molecule has 0 spiro atoms. The van der Waals surface area contributed by atoms with Crippen molar-refractivity contribution in [3.63, 3.8) is 0 Å². The zero-order chi connectivity index (χ0) is 12.3. The van der Waals surface area contributed by atoms with Crippen LogP contribution in [-0.4, -0.2) is 29.1 Å². The molecule has 5 nitrogen and oxygen atoms in total. The van der Waals surface area contributed by atoms with Crippen LogP contribution in [0.15, 0.2) is 12.3 Å². The topological polar surface area (TPSA) is 78.8 Å². The summed E-state index contributed by atoms with van der Waals surface area (Å²) in [6.07, 6.45) is 3.82. The van der Waals surface area contributed by atoms with Gasteiger partial charge in [-0.2, -0.15) is 5.26 Å². The number of nitrogens with two attached hydrogens (primary N) is 1. The van der Waals surface area contributed by atoms with Crippen molar-refractivity contribution < 1.29 is 0 Å². The van der Waals surface area contributed by atoms with Gasteiger partial charge in [-0.15, -0.1) is 0 Å². The molecule has 90 valence electrons. The zero-order valence-electron chi connectivity index (χ0n) is 10.0. The van der Waals surface area contributed by atoms with Gasteiger partial charge in [0.1, 0.15) is 11.8 Å². The van der Waals surface area contributed by atoms with Crippen LogP contribution in [0.4, 0.5) is 5.95 Å². The molecule has 0 bridgehead atoms. The van der Waals surface area contributed by atoms with Gasteiger partial charge in [-0.3, -0.25) is 0 Å². The Morgan fingerprint density at radius 1 is 1.65 bits per heavy atom. The third-order valence-corrected chi connectivity index (χ3v) is 3.26. The van der Waals surface area contributed by atoms with E-state index >= 15 is 0 Å². The van der Waals surface area contributed by atoms with Crippen molar-refractivity contribution in [2.24, 2.45) is 11.7 Å². The molecule has 1 aromatic heterocycles. The highest BCUT2D eigenvalue weighted by Crippen LogP contribution is 2.24. The fourth-order valence-electron chi connectivity index (χ4n) is 2.29. The lowest BCUT2D eigenvalue weighted by atomic mass is 9.93. The number of anilines is 1. The maximum Gasteiger partial charge on any atom is 0.226 e. The second-order valence-corrected chi connectivity index (χ2v) is 4.57. The van der Waals surface area contributed by atoms with Crippen LogP contribution in [0.2, 0.25) is 0 Å². The Morgan fingerprint density at radius 2 is 2.47 bits per heavy atom. The summed E-state index contributed by atoms with van der Waals surface area (Å²) < 4.78 is 0. The first kappa shape index (κ1) is 11.8. The van der Waals surface area contributed by atoms with Gasteiger partial charge in [-0.25, -0.2) is 9.97 Å². The molecule has 0 aliphatic carbocycles. The Balaban J connectivity index is 2.22. The first-order valence-corrected chi connectivity index (χ1v) is 5.94. The van der Waals surface area contributed by atoms with Crippen molar-refractivity contribution >= 4 is 5.95 Å². The van der Waals surface area contributed by atoms with E-state index in [1.54, 1.807) is 12.3 Å². The molecule has 1 aromatic rings. The van der Waals surface area contributed by atoms with Crippen molar-refractivity contribution in [3.8, 4) is 6.07 Å². The average Bonchev–Trinajstić information content (AvgIpc) is 2.38. The summed E-state index contributed by atoms with van der Waals surface area (Å²) >= 11 is 0. The van der Waals surface area contributed by atoms with Gasteiger partial charge in [-0.05, 0) is 24.8 Å². The molecule has 2 rings (SSSR count). The molecule has 2 heterocycles. The SMILES string of the molecule is CC1CCN(c2nccc(C#N)n2)C(CN)C1. The van der Waals surface area contributed by atoms with Crippen LogP contribution in [0.1, 0.15) is 25.5 Å². The summed E-state index contributed by atoms with van der Waals surface area (Å²) in [6, 6.07) is 3.94. The first-order chi connectivity index (χ1) is 8.24. The number of nitriles is 1. The molecule has 0 amide bonds. The highest BCUT2D eigenvalue weighted by Gasteiger charge is 2.27. The number of hydrogen-bond acceptors (Lipinski definition) is 5. The molecule has 2 unspecified atom stereocenters. The molecular formula is C12H17N5. The second-order valence-electron chi connectivity index (χ2n) is 4.57. The van der Waals surface area contributed by atoms with Gasteiger partial charge in [-0.1, -0.05) is 6.92 Å². The molecular weight excluding hydrogens is 214 g/mol. The van der Waals surface area contributed by atoms with E-state index in [9.17, 15) is 0 Å². The molecule has 1 aliphatic rings. The minimum atomic E-state index is 0.285. The molecule has 2 atom stereocenters. The summed E-state index contributed by atoms with van der Waals surface area (Å²) in [5.74, 6) is 1.32. The summed E-state index contributed by atoms with van der Waals surface area (Å²) in [4.78, 5) is 10.6. The van der Waals surface area contributed by atoms with Gasteiger partial charge in [0.25, 0.3) is 0 Å². The summed E-state index contributed by atoms with van der Waals surface area (Å²) in [6.45, 7) is 3.76. The largest absolute Gasteiger partial charge is 0.337 e. The molecule has 0 radical (unpaired) electrons. The van der Waals surface area contributed by atoms with Crippen LogP contribution in [0, 0.1) is 17.2 Å². The Hall–Kier alpha value is -1.67. The van der Waals surface area contributed by atoms with Crippen molar-refractivity contribution in [2.45, 2.75) is 25.8 Å². The zero-order valence-corrected chi connectivity index (χ0v) is 10.0. The molecule has 5 heteroatoms. The van der Waals surface area contributed by atoms with Gasteiger partial charge < -0.3 is 10.6 Å². The quantitative estimate of drug-likeness (QED) is 0.818. The highest BCUT2D eigenvalue weighted by molar-refractivity contribution is 5.35. The van der Waals surface area contributed by atoms with Gasteiger partial charge in [0, 0.05) is 25.3 Å². The lowest BCUT2D eigenvalue weighted by Gasteiger charge is -2.37. The van der Waals surface area contributed by atoms with E-state index in [4.69, 9.17) is 11.0 Å². The second kappa shape index (κ2) is 5.11. The van der Waals surface area contributed by atoms with Crippen LogP contribution in [0.25, 0.3) is 0 Å². The van der Waals surface area contributed by atoms with Crippen molar-refractivity contribution in [3.05, 3.63) is 18.0 Å². The average molecular weight is 231 g/mol. The molecule has 1 saturated heterocycles. The number of piperidine rings is 1. The predicted octanol–water partition coefficient (Wildman–Crippen LogP) is 0.912. The van der Waals surface area contributed by atoms with E-state index in [0.29, 0.717) is 24.1 Å². The van der Waals surface area contributed by atoms with Crippen LogP contribution >= 0.6 is 0 Å². The molecule has 2 N–H and O–H groups in total. The maximum atomic E-state index is 8.84. The van der Waals surface area contributed by atoms with E-state index < -0.39 is 0 Å². The van der Waals surface area contributed by atoms with Gasteiger partial charge in [0.05, 0.1) is 0 Å². The Labute approximate surface area is 101 Å². The van der Waals surface area contributed by atoms with E-state index in [2.05, 4.69) is 21.8 Å². The van der Waals surface area contributed by atoms with Crippen molar-refractivity contribution in [2.75, 3.05) is 18.0 Å². The number of nitrogens with zero attached hydrogens (tertiary/aromatic N) is 4. The molecule has 17 heavy (non-hydrogen) atoms. The van der Waals surface area contributed by atoms with Crippen LogP contribution in [0.3, 0.4) is 0 Å². The van der Waals surface area contributed by atoms with Gasteiger partial charge in [0.15, 0.2) is 0 Å². The van der Waals surface area contributed by atoms with E-state index in [1.165, 1.54) is 0 Å². The Morgan fingerprint density at radius 3 is 3.18 bits per heavy atom. The van der Waals surface area contributed by atoms with Crippen LogP contribution < -0.4 is 10.6 Å². The maximum absolute atomic E-state index is 8.84. The fraction of sp³-hybridized carbons (Fsp3) is 0.583. The van der Waals surface area contributed by atoms with Gasteiger partial charge >= 0.3 is 0 Å². The minimum absolute atomic E-state index is 0.285. The number of hydrogen-bond donors (Lipinski definition) is 1. The Kier molecular flexibility index (Phi) is 3.55. The number of rotatable bonds is 2. The Bertz CT molecular complexity index is 425. The molecule has 0 aromatic carbocycles. The van der Waals surface area contributed by atoms with Crippen LogP contribution in [0.5, 0.6) is 0 Å². The van der Waals surface area contributed by atoms with Crippen molar-refractivity contribution in [1.82, 2.24) is 9.97 Å². The van der Waals surface area contributed by atoms with Gasteiger partial charge in [0.2, 0.25) is 5.95 Å². The summed E-state index contributed by atoms with van der Waals surface area (Å²) in [5.41, 5.74) is 6.21. The smallest absolute Gasteiger partial charge is 0.226 e. The van der Waals surface area contributed by atoms with E-state index in [1.807, 2.05) is 6.07 Å². The molecule has 0 saturated carbocycles.